The standard InChI is InChI=1S/C21H22I5NO4/c1-3-27-18(21(28)29-4-2)9-12-7-14(23)20(15(24)8-12)31-13-10-16(25)19(17(26)11-13)30-6-5-22/h7-8,10-11,18,27H,3-6,9H2,1-2H3. The first-order valence-electron chi connectivity index (χ1n) is 9.54. The lowest BCUT2D eigenvalue weighted by Gasteiger charge is -2.18. The molecule has 10 heteroatoms. The predicted molar refractivity (Wildman–Crippen MR) is 166 cm³/mol. The van der Waals surface area contributed by atoms with E-state index in [1.165, 1.54) is 0 Å². The lowest BCUT2D eigenvalue weighted by molar-refractivity contribution is -0.145. The molecule has 0 saturated carbocycles. The van der Waals surface area contributed by atoms with Crippen LogP contribution < -0.4 is 14.8 Å². The van der Waals surface area contributed by atoms with Gasteiger partial charge in [0.05, 0.1) is 27.5 Å². The Hall–Kier alpha value is 1.12. The Morgan fingerprint density at radius 1 is 0.968 bits per heavy atom. The molecule has 0 aliphatic heterocycles. The Morgan fingerprint density at radius 3 is 2.06 bits per heavy atom. The number of likely N-dealkylation sites (N-methyl/N-ethyl adjacent to an activating group) is 1. The largest absolute Gasteiger partial charge is 0.491 e. The first-order chi connectivity index (χ1) is 14.8. The van der Waals surface area contributed by atoms with Crippen LogP contribution in [0.4, 0.5) is 0 Å². The highest BCUT2D eigenvalue weighted by atomic mass is 127. The number of alkyl halides is 1. The van der Waals surface area contributed by atoms with E-state index in [2.05, 4.69) is 130 Å². The van der Waals surface area contributed by atoms with Gasteiger partial charge in [-0.1, -0.05) is 29.5 Å². The molecule has 0 aliphatic carbocycles. The van der Waals surface area contributed by atoms with Crippen molar-refractivity contribution in [3.05, 3.63) is 44.1 Å². The number of nitrogens with one attached hydrogen (secondary N) is 1. The van der Waals surface area contributed by atoms with E-state index in [1.54, 1.807) is 0 Å². The van der Waals surface area contributed by atoms with Crippen molar-refractivity contribution in [1.82, 2.24) is 5.32 Å². The topological polar surface area (TPSA) is 56.8 Å². The molecular weight excluding hydrogens is 965 g/mol. The van der Waals surface area contributed by atoms with Crippen LogP contribution in [0.15, 0.2) is 24.3 Å². The van der Waals surface area contributed by atoms with Gasteiger partial charge >= 0.3 is 5.97 Å². The number of rotatable bonds is 11. The zero-order valence-electron chi connectivity index (χ0n) is 16.9. The number of ether oxygens (including phenoxy) is 3. The molecule has 1 N–H and O–H groups in total. The number of hydrogen-bond donors (Lipinski definition) is 1. The molecule has 0 saturated heterocycles. The second kappa shape index (κ2) is 14.5. The third-order valence-electron chi connectivity index (χ3n) is 4.03. The first-order valence-corrected chi connectivity index (χ1v) is 15.4. The number of carbonyl (C=O) groups excluding carboxylic acids is 1. The van der Waals surface area contributed by atoms with Gasteiger partial charge < -0.3 is 19.5 Å². The third-order valence-corrected chi connectivity index (χ3v) is 7.68. The van der Waals surface area contributed by atoms with Gasteiger partial charge in [0.15, 0.2) is 5.75 Å². The van der Waals surface area contributed by atoms with E-state index in [0.29, 0.717) is 26.2 Å². The Balaban J connectivity index is 2.23. The molecule has 0 spiro atoms. The van der Waals surface area contributed by atoms with E-state index in [1.807, 2.05) is 26.0 Å². The van der Waals surface area contributed by atoms with Crippen LogP contribution in [0.3, 0.4) is 0 Å². The molecule has 0 aromatic heterocycles. The number of esters is 1. The summed E-state index contributed by atoms with van der Waals surface area (Å²) in [5.74, 6) is 2.27. The third kappa shape index (κ3) is 8.69. The molecule has 31 heavy (non-hydrogen) atoms. The second-order valence-corrected chi connectivity index (χ2v) is 12.0. The minimum Gasteiger partial charge on any atom is -0.491 e. The van der Waals surface area contributed by atoms with Crippen LogP contribution in [0.1, 0.15) is 19.4 Å². The molecule has 0 bridgehead atoms. The second-order valence-electron chi connectivity index (χ2n) is 6.31. The molecule has 2 aromatic carbocycles. The van der Waals surface area contributed by atoms with Crippen LogP contribution in [0, 0.1) is 14.3 Å². The van der Waals surface area contributed by atoms with Crippen LogP contribution in [0.5, 0.6) is 17.2 Å². The van der Waals surface area contributed by atoms with Gasteiger partial charge in [0, 0.05) is 4.43 Å². The van der Waals surface area contributed by atoms with Crippen LogP contribution in [-0.4, -0.2) is 36.2 Å². The average Bonchev–Trinajstić information content (AvgIpc) is 2.70. The van der Waals surface area contributed by atoms with Crippen molar-refractivity contribution < 1.29 is 19.0 Å². The zero-order valence-corrected chi connectivity index (χ0v) is 27.7. The number of benzene rings is 2. The fraction of sp³-hybridized carbons (Fsp3) is 0.381. The van der Waals surface area contributed by atoms with Crippen molar-refractivity contribution in [2.24, 2.45) is 0 Å². The van der Waals surface area contributed by atoms with E-state index in [0.717, 1.165) is 41.5 Å². The van der Waals surface area contributed by atoms with Gasteiger partial charge in [-0.25, -0.2) is 0 Å². The van der Waals surface area contributed by atoms with E-state index in [9.17, 15) is 4.79 Å². The fourth-order valence-corrected chi connectivity index (χ4v) is 7.14. The SMILES string of the molecule is CCNC(Cc1cc(I)c(Oc2cc(I)c(OCCI)c(I)c2)c(I)c1)C(=O)OCC. The Labute approximate surface area is 251 Å². The highest BCUT2D eigenvalue weighted by molar-refractivity contribution is 14.1. The van der Waals surface area contributed by atoms with Crippen LogP contribution in [-0.2, 0) is 16.0 Å². The summed E-state index contributed by atoms with van der Waals surface area (Å²) in [6.45, 7) is 5.57. The minimum absolute atomic E-state index is 0.219. The highest BCUT2D eigenvalue weighted by Gasteiger charge is 2.21. The van der Waals surface area contributed by atoms with Gasteiger partial charge in [0.2, 0.25) is 0 Å². The summed E-state index contributed by atoms with van der Waals surface area (Å²) in [6, 6.07) is 7.76. The maximum Gasteiger partial charge on any atom is 0.323 e. The molecule has 0 amide bonds. The lowest BCUT2D eigenvalue weighted by atomic mass is 10.1. The molecule has 0 radical (unpaired) electrons. The van der Waals surface area contributed by atoms with Crippen LogP contribution in [0.25, 0.3) is 0 Å². The Bertz CT molecular complexity index is 863. The van der Waals surface area contributed by atoms with Crippen molar-refractivity contribution in [3.8, 4) is 17.2 Å². The molecule has 1 unspecified atom stereocenters. The summed E-state index contributed by atoms with van der Waals surface area (Å²) < 4.78 is 22.3. The maximum absolute atomic E-state index is 12.2. The van der Waals surface area contributed by atoms with E-state index in [4.69, 9.17) is 14.2 Å². The molecule has 2 rings (SSSR count). The molecule has 2 aromatic rings. The average molecular weight is 987 g/mol. The quantitative estimate of drug-likeness (QED) is 0.153. The molecule has 0 aliphatic rings. The van der Waals surface area contributed by atoms with E-state index >= 15 is 0 Å². The smallest absolute Gasteiger partial charge is 0.323 e. The number of halogens is 5. The molecule has 170 valence electrons. The predicted octanol–water partition coefficient (Wildman–Crippen LogP) is 6.79. The molecule has 5 nitrogen and oxygen atoms in total. The maximum atomic E-state index is 12.2. The van der Waals surface area contributed by atoms with E-state index < -0.39 is 0 Å². The molecule has 0 heterocycles. The van der Waals surface area contributed by atoms with Crippen LogP contribution in [0.2, 0.25) is 0 Å². The first kappa shape index (κ1) is 28.4. The van der Waals surface area contributed by atoms with Gasteiger partial charge in [-0.2, -0.15) is 0 Å². The summed E-state index contributed by atoms with van der Waals surface area (Å²) in [5.41, 5.74) is 1.06. The Morgan fingerprint density at radius 2 is 1.55 bits per heavy atom. The highest BCUT2D eigenvalue weighted by Crippen LogP contribution is 2.37. The molecule has 1 atom stereocenters. The van der Waals surface area contributed by atoms with Crippen molar-refractivity contribution in [3.63, 3.8) is 0 Å². The van der Waals surface area contributed by atoms with Crippen molar-refractivity contribution >= 4 is 119 Å². The van der Waals surface area contributed by atoms with Crippen molar-refractivity contribution in [1.29, 1.82) is 0 Å². The summed E-state index contributed by atoms with van der Waals surface area (Å²) in [4.78, 5) is 12.2. The normalized spacial score (nSPS) is 11.8. The summed E-state index contributed by atoms with van der Waals surface area (Å²) in [6.07, 6.45) is 0.567. The zero-order chi connectivity index (χ0) is 23.0. The van der Waals surface area contributed by atoms with Gasteiger partial charge in [0.25, 0.3) is 0 Å². The van der Waals surface area contributed by atoms with Gasteiger partial charge in [-0.05, 0) is 140 Å². The monoisotopic (exact) mass is 987 g/mol. The fourth-order valence-electron chi connectivity index (χ4n) is 2.78. The number of hydrogen-bond acceptors (Lipinski definition) is 5. The number of carbonyl (C=O) groups is 1. The summed E-state index contributed by atoms with van der Waals surface area (Å²) in [5, 5.41) is 3.22. The van der Waals surface area contributed by atoms with Crippen LogP contribution >= 0.6 is 113 Å². The minimum atomic E-state index is -0.360. The van der Waals surface area contributed by atoms with Crippen molar-refractivity contribution in [2.75, 3.05) is 24.2 Å². The van der Waals surface area contributed by atoms with Gasteiger partial charge in [-0.15, -0.1) is 0 Å². The summed E-state index contributed by atoms with van der Waals surface area (Å²) in [7, 11) is 0. The van der Waals surface area contributed by atoms with Crippen molar-refractivity contribution in [2.45, 2.75) is 26.3 Å². The van der Waals surface area contributed by atoms with Gasteiger partial charge in [-0.3, -0.25) is 4.79 Å². The lowest BCUT2D eigenvalue weighted by Crippen LogP contribution is -2.39. The Kier molecular flexibility index (Phi) is 13.3. The van der Waals surface area contributed by atoms with Gasteiger partial charge in [0.1, 0.15) is 17.5 Å². The summed E-state index contributed by atoms with van der Waals surface area (Å²) >= 11 is 11.4. The molecular formula is C21H22I5NO4. The van der Waals surface area contributed by atoms with E-state index in [-0.39, 0.29) is 12.0 Å². The molecule has 0 fully saturated rings.